The largest absolute Gasteiger partial charge is 0.573 e. The smallest absolute Gasteiger partial charge is 0.406 e. The van der Waals surface area contributed by atoms with Crippen LogP contribution in [0, 0.1) is 11.3 Å². The highest BCUT2D eigenvalue weighted by Crippen LogP contribution is 2.46. The lowest BCUT2D eigenvalue weighted by molar-refractivity contribution is -0.275. The average Bonchev–Trinajstić information content (AvgIpc) is 3.02. The van der Waals surface area contributed by atoms with Gasteiger partial charge in [-0.3, -0.25) is 0 Å². The lowest BCUT2D eigenvalue weighted by Crippen LogP contribution is -2.29. The second-order valence-corrected chi connectivity index (χ2v) is 9.77. The number of alkyl halides is 6. The van der Waals surface area contributed by atoms with E-state index in [1.165, 1.54) is 42.5 Å². The van der Waals surface area contributed by atoms with E-state index in [1.807, 2.05) is 4.57 Å². The molecule has 0 radical (unpaired) electrons. The highest BCUT2D eigenvalue weighted by molar-refractivity contribution is 5.81. The minimum absolute atomic E-state index is 0.00680. The van der Waals surface area contributed by atoms with Crippen molar-refractivity contribution in [2.45, 2.75) is 58.8 Å². The van der Waals surface area contributed by atoms with Crippen LogP contribution in [0.3, 0.4) is 0 Å². The fourth-order valence-corrected chi connectivity index (χ4v) is 5.09. The molecule has 0 unspecified atom stereocenters. The second kappa shape index (κ2) is 8.83. The van der Waals surface area contributed by atoms with Crippen LogP contribution in [0.1, 0.15) is 46.1 Å². The molecule has 1 fully saturated rings. The zero-order valence-corrected chi connectivity index (χ0v) is 19.3. The zero-order valence-electron chi connectivity index (χ0n) is 19.3. The van der Waals surface area contributed by atoms with Gasteiger partial charge in [-0.05, 0) is 67.0 Å². The van der Waals surface area contributed by atoms with Crippen LogP contribution >= 0.6 is 0 Å². The average molecular weight is 501 g/mol. The summed E-state index contributed by atoms with van der Waals surface area (Å²) in [6.45, 7) is 6.44. The first-order valence-electron chi connectivity index (χ1n) is 11.1. The quantitative estimate of drug-likeness (QED) is 0.360. The Morgan fingerprint density at radius 2 is 1.51 bits per heavy atom. The Balaban J connectivity index is 1.73. The molecule has 4 rings (SSSR count). The van der Waals surface area contributed by atoms with Gasteiger partial charge in [0.2, 0.25) is 5.95 Å². The molecule has 1 heterocycles. The highest BCUT2D eigenvalue weighted by Gasteiger charge is 2.36. The van der Waals surface area contributed by atoms with Crippen molar-refractivity contribution in [3.8, 4) is 11.5 Å². The molecule has 2 atom stereocenters. The van der Waals surface area contributed by atoms with E-state index in [4.69, 9.17) is 0 Å². The summed E-state index contributed by atoms with van der Waals surface area (Å²) >= 11 is 0. The Morgan fingerprint density at radius 3 is 2.11 bits per heavy atom. The molecule has 190 valence electrons. The predicted molar refractivity (Wildman–Crippen MR) is 119 cm³/mol. The summed E-state index contributed by atoms with van der Waals surface area (Å²) in [6.07, 6.45) is -7.04. The maximum absolute atomic E-state index is 12.8. The van der Waals surface area contributed by atoms with Crippen molar-refractivity contribution in [2.24, 2.45) is 11.3 Å². The fraction of sp³-hybridized carbons (Fsp3) is 0.458. The minimum atomic E-state index is -4.83. The monoisotopic (exact) mass is 501 g/mol. The van der Waals surface area contributed by atoms with E-state index < -0.39 is 12.7 Å². The molecule has 0 aliphatic heterocycles. The second-order valence-electron chi connectivity index (χ2n) is 9.77. The molecule has 5 nitrogen and oxygen atoms in total. The summed E-state index contributed by atoms with van der Waals surface area (Å²) in [7, 11) is 0. The van der Waals surface area contributed by atoms with Gasteiger partial charge in [-0.1, -0.05) is 20.8 Å². The summed E-state index contributed by atoms with van der Waals surface area (Å²) in [4.78, 5) is 4.58. The van der Waals surface area contributed by atoms with Gasteiger partial charge in [0.15, 0.2) is 0 Å². The molecular weight excluding hydrogens is 476 g/mol. The fourth-order valence-electron chi connectivity index (χ4n) is 5.09. The van der Waals surface area contributed by atoms with Crippen molar-refractivity contribution >= 4 is 22.7 Å². The summed E-state index contributed by atoms with van der Waals surface area (Å²) < 4.78 is 85.8. The van der Waals surface area contributed by atoms with E-state index >= 15 is 0 Å². The first-order valence-corrected chi connectivity index (χ1v) is 11.1. The number of hydrogen-bond donors (Lipinski definition) is 1. The summed E-state index contributed by atoms with van der Waals surface area (Å²) in [6, 6.07) is 9.08. The van der Waals surface area contributed by atoms with Crippen LogP contribution in [0.15, 0.2) is 42.5 Å². The molecule has 1 aliphatic rings. The van der Waals surface area contributed by atoms with E-state index in [0.717, 1.165) is 19.3 Å². The lowest BCUT2D eigenvalue weighted by atomic mass is 9.70. The third-order valence-electron chi connectivity index (χ3n) is 5.97. The minimum Gasteiger partial charge on any atom is -0.406 e. The topological polar surface area (TPSA) is 48.3 Å². The van der Waals surface area contributed by atoms with Crippen molar-refractivity contribution in [3.05, 3.63) is 42.5 Å². The Kier molecular flexibility index (Phi) is 6.31. The molecule has 11 heteroatoms. The number of imidazole rings is 1. The Bertz CT molecular complexity index is 1180. The van der Waals surface area contributed by atoms with Gasteiger partial charge in [0.1, 0.15) is 11.5 Å². The number of hydrogen-bond acceptors (Lipinski definition) is 4. The van der Waals surface area contributed by atoms with Gasteiger partial charge in [-0.25, -0.2) is 4.98 Å². The molecule has 0 saturated heterocycles. The van der Waals surface area contributed by atoms with Crippen LogP contribution in [-0.2, 0) is 0 Å². The molecule has 35 heavy (non-hydrogen) atoms. The number of benzene rings is 2. The van der Waals surface area contributed by atoms with Crippen molar-refractivity contribution in [2.75, 3.05) is 5.32 Å². The molecule has 1 aromatic heterocycles. The van der Waals surface area contributed by atoms with Crippen LogP contribution in [0.4, 0.5) is 38.0 Å². The van der Waals surface area contributed by atoms with Gasteiger partial charge in [0.25, 0.3) is 0 Å². The lowest BCUT2D eigenvalue weighted by Gasteiger charge is -2.40. The van der Waals surface area contributed by atoms with E-state index in [1.54, 1.807) is 0 Å². The standard InChI is InChI=1S/C24H25F6N3O2/c1-14-10-16(13-22(2,3)12-14)33-20-11-18(35-24(28,29)30)8-9-19(20)32-21(33)31-15-4-6-17(7-5-15)34-23(25,26)27/h4-9,11,14,16H,10,12-13H2,1-3H3,(H,31,32)/t14-,16+/m0/s1. The van der Waals surface area contributed by atoms with Crippen LogP contribution in [0.2, 0.25) is 0 Å². The summed E-state index contributed by atoms with van der Waals surface area (Å²) in [5.41, 5.74) is 1.40. The number of nitrogens with zero attached hydrogens (tertiary/aromatic N) is 2. The van der Waals surface area contributed by atoms with Gasteiger partial charge < -0.3 is 19.4 Å². The van der Waals surface area contributed by atoms with Gasteiger partial charge in [-0.15, -0.1) is 26.3 Å². The number of fused-ring (bicyclic) bond motifs is 1. The molecule has 1 aliphatic carbocycles. The molecule has 0 spiro atoms. The number of anilines is 2. The molecule has 0 bridgehead atoms. The van der Waals surface area contributed by atoms with Gasteiger partial charge in [0, 0.05) is 17.8 Å². The number of nitrogens with one attached hydrogen (secondary N) is 1. The van der Waals surface area contributed by atoms with Crippen LogP contribution in [-0.4, -0.2) is 22.3 Å². The summed E-state index contributed by atoms with van der Waals surface area (Å²) in [5, 5.41) is 3.11. The van der Waals surface area contributed by atoms with E-state index in [-0.39, 0.29) is 23.0 Å². The van der Waals surface area contributed by atoms with Gasteiger partial charge in [-0.2, -0.15) is 0 Å². The van der Waals surface area contributed by atoms with Crippen molar-refractivity contribution < 1.29 is 35.8 Å². The predicted octanol–water partition coefficient (Wildman–Crippen LogP) is 7.96. The van der Waals surface area contributed by atoms with E-state index in [0.29, 0.717) is 28.6 Å². The Hall–Kier alpha value is -3.11. The van der Waals surface area contributed by atoms with E-state index in [2.05, 4.69) is 40.5 Å². The van der Waals surface area contributed by atoms with E-state index in [9.17, 15) is 26.3 Å². The van der Waals surface area contributed by atoms with Crippen LogP contribution in [0.25, 0.3) is 11.0 Å². The highest BCUT2D eigenvalue weighted by atomic mass is 19.4. The Labute approximate surface area is 198 Å². The normalized spacial score (nSPS) is 20.6. The number of rotatable bonds is 5. The first-order chi connectivity index (χ1) is 16.2. The van der Waals surface area contributed by atoms with Crippen LogP contribution < -0.4 is 14.8 Å². The van der Waals surface area contributed by atoms with Crippen LogP contribution in [0.5, 0.6) is 11.5 Å². The van der Waals surface area contributed by atoms with Crippen molar-refractivity contribution in [1.82, 2.24) is 9.55 Å². The van der Waals surface area contributed by atoms with Gasteiger partial charge >= 0.3 is 12.7 Å². The molecule has 1 saturated carbocycles. The van der Waals surface area contributed by atoms with Crippen molar-refractivity contribution in [3.63, 3.8) is 0 Å². The number of aromatic nitrogens is 2. The maximum atomic E-state index is 12.8. The third kappa shape index (κ3) is 6.32. The first kappa shape index (κ1) is 25.0. The zero-order chi connectivity index (χ0) is 25.6. The molecule has 1 N–H and O–H groups in total. The molecular formula is C24H25F6N3O2. The van der Waals surface area contributed by atoms with Crippen molar-refractivity contribution in [1.29, 1.82) is 0 Å². The maximum Gasteiger partial charge on any atom is 0.573 e. The molecule has 2 aromatic carbocycles. The molecule has 0 amide bonds. The molecule has 3 aromatic rings. The SMILES string of the molecule is C[C@H]1C[C@@H](n2c(Nc3ccc(OC(F)(F)F)cc3)nc3ccc(OC(F)(F)F)cc32)CC(C)(C)C1. The number of halogens is 6. The third-order valence-corrected chi connectivity index (χ3v) is 5.97. The Morgan fingerprint density at radius 1 is 0.914 bits per heavy atom. The number of ether oxygens (including phenoxy) is 2. The summed E-state index contributed by atoms with van der Waals surface area (Å²) in [5.74, 6) is 0.0360. The van der Waals surface area contributed by atoms with Gasteiger partial charge in [0.05, 0.1) is 11.0 Å².